The van der Waals surface area contributed by atoms with E-state index >= 15 is 0 Å². The smallest absolute Gasteiger partial charge is 0.338 e. The Bertz CT molecular complexity index is 807. The van der Waals surface area contributed by atoms with Gasteiger partial charge in [-0.3, -0.25) is 4.79 Å². The van der Waals surface area contributed by atoms with Gasteiger partial charge in [-0.1, -0.05) is 29.3 Å². The van der Waals surface area contributed by atoms with Crippen molar-refractivity contribution in [1.82, 2.24) is 4.98 Å². The molecule has 0 unspecified atom stereocenters. The zero-order chi connectivity index (χ0) is 17.9. The predicted molar refractivity (Wildman–Crippen MR) is 93.8 cm³/mol. The summed E-state index contributed by atoms with van der Waals surface area (Å²) >= 11 is 11.9. The molecule has 2 rings (SSSR count). The van der Waals surface area contributed by atoms with Gasteiger partial charge in [0.15, 0.2) is 12.4 Å². The van der Waals surface area contributed by atoms with Crippen LogP contribution in [0.25, 0.3) is 0 Å². The second kappa shape index (κ2) is 7.64. The van der Waals surface area contributed by atoms with Crippen LogP contribution in [0.5, 0.6) is 0 Å². The maximum Gasteiger partial charge on any atom is 0.338 e. The highest BCUT2D eigenvalue weighted by Gasteiger charge is 2.13. The normalized spacial score (nSPS) is 10.4. The molecule has 126 valence electrons. The van der Waals surface area contributed by atoms with E-state index in [4.69, 9.17) is 27.9 Å². The van der Waals surface area contributed by atoms with Gasteiger partial charge in [0.25, 0.3) is 5.91 Å². The number of amides is 1. The number of aromatic nitrogens is 1. The molecular formula is C17H16Cl2N2O3. The largest absolute Gasteiger partial charge is 0.452 e. The number of carbonyl (C=O) groups excluding carboxylic acids is 2. The molecule has 0 aliphatic heterocycles. The molecule has 0 radical (unpaired) electrons. The number of benzene rings is 1. The number of rotatable bonds is 4. The number of ether oxygens (including phenoxy) is 1. The van der Waals surface area contributed by atoms with Gasteiger partial charge in [-0.15, -0.1) is 0 Å². The molecule has 0 saturated heterocycles. The highest BCUT2D eigenvalue weighted by molar-refractivity contribution is 6.36. The summed E-state index contributed by atoms with van der Waals surface area (Å²) < 4.78 is 5.00. The lowest BCUT2D eigenvalue weighted by molar-refractivity contribution is -0.119. The molecule has 2 aromatic rings. The monoisotopic (exact) mass is 366 g/mol. The highest BCUT2D eigenvalue weighted by Crippen LogP contribution is 2.25. The van der Waals surface area contributed by atoms with E-state index in [1.165, 1.54) is 6.07 Å². The Balaban J connectivity index is 1.97. The topological polar surface area (TPSA) is 68.3 Å². The van der Waals surface area contributed by atoms with Gasteiger partial charge in [0.2, 0.25) is 0 Å². The standard InChI is InChI=1S/C17H16Cl2N2O3/c1-9-4-5-12(6-10(9)2)17(23)24-8-15(22)21-16-14(19)7-13(18)11(3)20-16/h4-7H,8H2,1-3H3,(H,20,21,22). The molecule has 1 N–H and O–H groups in total. The van der Waals surface area contributed by atoms with Crippen LogP contribution in [0, 0.1) is 20.8 Å². The molecule has 0 aliphatic rings. The fourth-order valence-corrected chi connectivity index (χ4v) is 2.30. The third-order valence-electron chi connectivity index (χ3n) is 3.44. The third kappa shape index (κ3) is 4.46. The van der Waals surface area contributed by atoms with Crippen molar-refractivity contribution in [2.75, 3.05) is 11.9 Å². The average molecular weight is 367 g/mol. The molecule has 0 spiro atoms. The van der Waals surface area contributed by atoms with Gasteiger partial charge in [-0.2, -0.15) is 0 Å². The first kappa shape index (κ1) is 18.2. The molecule has 0 bridgehead atoms. The SMILES string of the molecule is Cc1ccc(C(=O)OCC(=O)Nc2nc(C)c(Cl)cc2Cl)cc1C. The fraction of sp³-hybridized carbons (Fsp3) is 0.235. The van der Waals surface area contributed by atoms with Crippen molar-refractivity contribution in [2.45, 2.75) is 20.8 Å². The number of nitrogens with one attached hydrogen (secondary N) is 1. The zero-order valence-electron chi connectivity index (χ0n) is 13.4. The first-order chi connectivity index (χ1) is 11.3. The second-order valence-corrected chi connectivity index (χ2v) is 6.12. The lowest BCUT2D eigenvalue weighted by atomic mass is 10.1. The Morgan fingerprint density at radius 3 is 2.46 bits per heavy atom. The van der Waals surface area contributed by atoms with E-state index < -0.39 is 18.5 Å². The van der Waals surface area contributed by atoms with E-state index in [1.54, 1.807) is 19.1 Å². The number of hydrogen-bond acceptors (Lipinski definition) is 4. The number of carbonyl (C=O) groups is 2. The minimum absolute atomic E-state index is 0.172. The van der Waals surface area contributed by atoms with Crippen LogP contribution in [0.15, 0.2) is 24.3 Å². The van der Waals surface area contributed by atoms with Gasteiger partial charge in [0, 0.05) is 0 Å². The van der Waals surface area contributed by atoms with Crippen molar-refractivity contribution in [1.29, 1.82) is 0 Å². The lowest BCUT2D eigenvalue weighted by Gasteiger charge is -2.09. The number of pyridine rings is 1. The van der Waals surface area contributed by atoms with Crippen LogP contribution >= 0.6 is 23.2 Å². The van der Waals surface area contributed by atoms with Crippen molar-refractivity contribution < 1.29 is 14.3 Å². The summed E-state index contributed by atoms with van der Waals surface area (Å²) in [6, 6.07) is 6.69. The number of halogens is 2. The number of aryl methyl sites for hydroxylation is 3. The lowest BCUT2D eigenvalue weighted by Crippen LogP contribution is -2.22. The molecule has 0 atom stereocenters. The summed E-state index contributed by atoms with van der Waals surface area (Å²) in [6.07, 6.45) is 0. The molecule has 7 heteroatoms. The molecular weight excluding hydrogens is 351 g/mol. The van der Waals surface area contributed by atoms with Crippen LogP contribution in [-0.2, 0) is 9.53 Å². The molecule has 5 nitrogen and oxygen atoms in total. The van der Waals surface area contributed by atoms with Gasteiger partial charge in [0.1, 0.15) is 0 Å². The van der Waals surface area contributed by atoms with Crippen molar-refractivity contribution in [3.63, 3.8) is 0 Å². The van der Waals surface area contributed by atoms with Crippen LogP contribution in [0.4, 0.5) is 5.82 Å². The molecule has 0 fully saturated rings. The second-order valence-electron chi connectivity index (χ2n) is 5.31. The number of anilines is 1. The Morgan fingerprint density at radius 1 is 1.08 bits per heavy atom. The van der Waals surface area contributed by atoms with Crippen LogP contribution in [0.2, 0.25) is 10.0 Å². The number of nitrogens with zero attached hydrogens (tertiary/aromatic N) is 1. The highest BCUT2D eigenvalue weighted by atomic mass is 35.5. The Morgan fingerprint density at radius 2 is 1.79 bits per heavy atom. The number of hydrogen-bond donors (Lipinski definition) is 1. The van der Waals surface area contributed by atoms with Crippen molar-refractivity contribution in [3.8, 4) is 0 Å². The van der Waals surface area contributed by atoms with E-state index in [1.807, 2.05) is 19.9 Å². The summed E-state index contributed by atoms with van der Waals surface area (Å²) in [5.41, 5.74) is 2.97. The summed E-state index contributed by atoms with van der Waals surface area (Å²) in [5, 5.41) is 3.10. The van der Waals surface area contributed by atoms with Gasteiger partial charge in [0.05, 0.1) is 21.3 Å². The Hall–Kier alpha value is -2.11. The first-order valence-corrected chi connectivity index (χ1v) is 7.90. The Labute approximate surface area is 149 Å². The Kier molecular flexibility index (Phi) is 5.80. The maximum absolute atomic E-state index is 12.0. The zero-order valence-corrected chi connectivity index (χ0v) is 15.0. The predicted octanol–water partition coefficient (Wildman–Crippen LogP) is 4.11. The van der Waals surface area contributed by atoms with Gasteiger partial charge >= 0.3 is 5.97 Å². The quantitative estimate of drug-likeness (QED) is 0.826. The summed E-state index contributed by atoms with van der Waals surface area (Å²) in [6.45, 7) is 5.09. The molecule has 1 aromatic heterocycles. The van der Waals surface area contributed by atoms with E-state index in [-0.39, 0.29) is 10.8 Å². The average Bonchev–Trinajstić information content (AvgIpc) is 2.53. The van der Waals surface area contributed by atoms with Crippen molar-refractivity contribution in [2.24, 2.45) is 0 Å². The van der Waals surface area contributed by atoms with E-state index in [2.05, 4.69) is 10.3 Å². The molecule has 1 heterocycles. The minimum atomic E-state index is -0.570. The molecule has 1 aromatic carbocycles. The molecule has 0 aliphatic carbocycles. The van der Waals surface area contributed by atoms with Crippen LogP contribution in [0.3, 0.4) is 0 Å². The van der Waals surface area contributed by atoms with Crippen LogP contribution in [0.1, 0.15) is 27.2 Å². The van der Waals surface area contributed by atoms with Gasteiger partial charge < -0.3 is 10.1 Å². The molecule has 0 saturated carbocycles. The summed E-state index contributed by atoms with van der Waals surface area (Å²) in [7, 11) is 0. The fourth-order valence-electron chi connectivity index (χ4n) is 1.90. The first-order valence-electron chi connectivity index (χ1n) is 7.15. The van der Waals surface area contributed by atoms with Crippen LogP contribution < -0.4 is 5.32 Å². The maximum atomic E-state index is 12.0. The molecule has 1 amide bonds. The van der Waals surface area contributed by atoms with Gasteiger partial charge in [-0.25, -0.2) is 9.78 Å². The van der Waals surface area contributed by atoms with Gasteiger partial charge in [-0.05, 0) is 50.1 Å². The van der Waals surface area contributed by atoms with E-state index in [0.717, 1.165) is 11.1 Å². The van der Waals surface area contributed by atoms with Crippen molar-refractivity contribution in [3.05, 3.63) is 56.7 Å². The summed E-state index contributed by atoms with van der Waals surface area (Å²) in [5.74, 6) is -0.936. The summed E-state index contributed by atoms with van der Waals surface area (Å²) in [4.78, 5) is 27.9. The molecule has 24 heavy (non-hydrogen) atoms. The van der Waals surface area contributed by atoms with Crippen molar-refractivity contribution >= 4 is 40.9 Å². The number of esters is 1. The minimum Gasteiger partial charge on any atom is -0.452 e. The van der Waals surface area contributed by atoms with E-state index in [0.29, 0.717) is 16.3 Å². The third-order valence-corrected chi connectivity index (χ3v) is 4.11. The van der Waals surface area contributed by atoms with Crippen LogP contribution in [-0.4, -0.2) is 23.5 Å². The van der Waals surface area contributed by atoms with E-state index in [9.17, 15) is 9.59 Å².